The number of amides is 1. The van der Waals surface area contributed by atoms with Crippen molar-refractivity contribution < 1.29 is 9.18 Å². The Bertz CT molecular complexity index is 867. The van der Waals surface area contributed by atoms with Crippen LogP contribution in [-0.2, 0) is 0 Å². The van der Waals surface area contributed by atoms with E-state index >= 15 is 0 Å². The fourth-order valence-electron chi connectivity index (χ4n) is 2.86. The van der Waals surface area contributed by atoms with E-state index in [2.05, 4.69) is 9.97 Å². The second-order valence-electron chi connectivity index (χ2n) is 5.63. The molecule has 2 aromatic heterocycles. The van der Waals surface area contributed by atoms with E-state index < -0.39 is 5.82 Å². The van der Waals surface area contributed by atoms with Crippen LogP contribution in [0.25, 0.3) is 10.9 Å². The van der Waals surface area contributed by atoms with Gasteiger partial charge in [0.1, 0.15) is 17.0 Å². The average molecular weight is 323 g/mol. The van der Waals surface area contributed by atoms with Crippen molar-refractivity contribution in [1.29, 1.82) is 0 Å². The third-order valence-corrected chi connectivity index (χ3v) is 4.13. The molecule has 0 bridgehead atoms. The quantitative estimate of drug-likeness (QED) is 0.729. The van der Waals surface area contributed by atoms with Crippen molar-refractivity contribution in [3.8, 4) is 0 Å². The highest BCUT2D eigenvalue weighted by Gasteiger charge is 2.22. The maximum atomic E-state index is 13.9. The van der Waals surface area contributed by atoms with Gasteiger partial charge in [-0.1, -0.05) is 31.2 Å². The van der Waals surface area contributed by atoms with Gasteiger partial charge in [0, 0.05) is 24.8 Å². The van der Waals surface area contributed by atoms with Crippen LogP contribution >= 0.6 is 0 Å². The van der Waals surface area contributed by atoms with E-state index in [0.29, 0.717) is 5.39 Å². The zero-order valence-electron chi connectivity index (χ0n) is 13.6. The smallest absolute Gasteiger partial charge is 0.272 e. The number of aromatic nitrogens is 2. The summed E-state index contributed by atoms with van der Waals surface area (Å²) in [7, 11) is 1.73. The Morgan fingerprint density at radius 1 is 1.21 bits per heavy atom. The topological polar surface area (TPSA) is 46.1 Å². The second kappa shape index (κ2) is 6.74. The summed E-state index contributed by atoms with van der Waals surface area (Å²) >= 11 is 0. The van der Waals surface area contributed by atoms with Crippen molar-refractivity contribution in [2.45, 2.75) is 19.4 Å². The molecule has 0 aliphatic carbocycles. The molecule has 3 rings (SSSR count). The molecule has 3 aromatic rings. The van der Waals surface area contributed by atoms with Crippen molar-refractivity contribution in [3.05, 3.63) is 71.9 Å². The molecular formula is C19H18FN3O. The summed E-state index contributed by atoms with van der Waals surface area (Å²) in [6, 6.07) is 11.8. The highest BCUT2D eigenvalue weighted by Crippen LogP contribution is 2.24. The Morgan fingerprint density at radius 3 is 2.75 bits per heavy atom. The lowest BCUT2D eigenvalue weighted by Gasteiger charge is -2.27. The number of nitrogens with zero attached hydrogens (tertiary/aromatic N) is 3. The van der Waals surface area contributed by atoms with Gasteiger partial charge in [0.2, 0.25) is 0 Å². The first-order valence-corrected chi connectivity index (χ1v) is 7.84. The summed E-state index contributed by atoms with van der Waals surface area (Å²) in [6.45, 7) is 2.01. The van der Waals surface area contributed by atoms with Gasteiger partial charge in [-0.3, -0.25) is 9.78 Å². The van der Waals surface area contributed by atoms with E-state index in [1.807, 2.05) is 19.1 Å². The SMILES string of the molecule is CC[C@@H](c1cccnc1)N(C)C(=O)c1ccc2cccc(F)c2n1. The van der Waals surface area contributed by atoms with Gasteiger partial charge in [-0.05, 0) is 30.2 Å². The average Bonchev–Trinajstić information content (AvgIpc) is 2.62. The number of carbonyl (C=O) groups excluding carboxylic acids is 1. The summed E-state index contributed by atoms with van der Waals surface area (Å²) in [5, 5.41) is 0.675. The molecule has 2 heterocycles. The van der Waals surface area contributed by atoms with Gasteiger partial charge < -0.3 is 4.90 Å². The molecule has 1 aromatic carbocycles. The molecule has 0 aliphatic rings. The molecule has 4 nitrogen and oxygen atoms in total. The van der Waals surface area contributed by atoms with E-state index in [1.54, 1.807) is 48.6 Å². The number of pyridine rings is 2. The highest BCUT2D eigenvalue weighted by atomic mass is 19.1. The van der Waals surface area contributed by atoms with Crippen molar-refractivity contribution in [1.82, 2.24) is 14.9 Å². The fraction of sp³-hybridized carbons (Fsp3) is 0.211. The van der Waals surface area contributed by atoms with Crippen molar-refractivity contribution in [2.24, 2.45) is 0 Å². The normalized spacial score (nSPS) is 12.1. The molecule has 0 saturated heterocycles. The Hall–Kier alpha value is -2.82. The lowest BCUT2D eigenvalue weighted by Crippen LogP contribution is -2.31. The summed E-state index contributed by atoms with van der Waals surface area (Å²) < 4.78 is 13.9. The number of rotatable bonds is 4. The van der Waals surface area contributed by atoms with Gasteiger partial charge in [-0.25, -0.2) is 9.37 Å². The summed E-state index contributed by atoms with van der Waals surface area (Å²) in [6.07, 6.45) is 4.20. The first kappa shape index (κ1) is 16.1. The largest absolute Gasteiger partial charge is 0.333 e. The van der Waals surface area contributed by atoms with Crippen LogP contribution in [0.2, 0.25) is 0 Å². The summed E-state index contributed by atoms with van der Waals surface area (Å²) in [5.41, 5.74) is 1.41. The van der Waals surface area contributed by atoms with E-state index in [-0.39, 0.29) is 23.2 Å². The molecule has 5 heteroatoms. The maximum absolute atomic E-state index is 13.9. The van der Waals surface area contributed by atoms with Crippen LogP contribution in [-0.4, -0.2) is 27.8 Å². The number of carbonyl (C=O) groups is 1. The Kier molecular flexibility index (Phi) is 4.51. The van der Waals surface area contributed by atoms with Gasteiger partial charge in [-0.2, -0.15) is 0 Å². The third-order valence-electron chi connectivity index (χ3n) is 4.13. The van der Waals surface area contributed by atoms with Crippen LogP contribution in [0.5, 0.6) is 0 Å². The number of halogens is 1. The molecule has 0 unspecified atom stereocenters. The van der Waals surface area contributed by atoms with Gasteiger partial charge in [0.05, 0.1) is 6.04 Å². The number of hydrogen-bond acceptors (Lipinski definition) is 3. The van der Waals surface area contributed by atoms with Gasteiger partial charge in [0.25, 0.3) is 5.91 Å². The van der Waals surface area contributed by atoms with Crippen molar-refractivity contribution >= 4 is 16.8 Å². The van der Waals surface area contributed by atoms with Crippen molar-refractivity contribution in [3.63, 3.8) is 0 Å². The van der Waals surface area contributed by atoms with E-state index in [9.17, 15) is 9.18 Å². The molecule has 1 atom stereocenters. The molecule has 122 valence electrons. The highest BCUT2D eigenvalue weighted by molar-refractivity contribution is 5.95. The molecule has 1 amide bonds. The monoisotopic (exact) mass is 323 g/mol. The zero-order valence-corrected chi connectivity index (χ0v) is 13.6. The standard InChI is InChI=1S/C19H18FN3O/c1-3-17(14-7-5-11-21-12-14)23(2)19(24)16-10-9-13-6-4-8-15(20)18(13)22-16/h4-12,17H,3H2,1-2H3/t17-/m0/s1. The Labute approximate surface area is 140 Å². The van der Waals surface area contributed by atoms with Crippen LogP contribution in [0.15, 0.2) is 54.9 Å². The van der Waals surface area contributed by atoms with Crippen LogP contribution in [0, 0.1) is 5.82 Å². The van der Waals surface area contributed by atoms with Gasteiger partial charge in [-0.15, -0.1) is 0 Å². The summed E-state index contributed by atoms with van der Waals surface area (Å²) in [4.78, 5) is 22.8. The Balaban J connectivity index is 1.94. The van der Waals surface area contributed by atoms with Gasteiger partial charge >= 0.3 is 0 Å². The minimum atomic E-state index is -0.427. The second-order valence-corrected chi connectivity index (χ2v) is 5.63. The third kappa shape index (κ3) is 2.97. The van der Waals surface area contributed by atoms with Crippen molar-refractivity contribution in [2.75, 3.05) is 7.05 Å². The van der Waals surface area contributed by atoms with E-state index in [0.717, 1.165) is 12.0 Å². The molecule has 24 heavy (non-hydrogen) atoms. The van der Waals surface area contributed by atoms with Crippen LogP contribution in [0.1, 0.15) is 35.4 Å². The molecule has 0 aliphatic heterocycles. The molecule has 0 spiro atoms. The van der Waals surface area contributed by atoms with Crippen LogP contribution < -0.4 is 0 Å². The maximum Gasteiger partial charge on any atom is 0.272 e. The van der Waals surface area contributed by atoms with Crippen LogP contribution in [0.4, 0.5) is 4.39 Å². The molecular weight excluding hydrogens is 305 g/mol. The number of benzene rings is 1. The van der Waals surface area contributed by atoms with E-state index in [1.165, 1.54) is 6.07 Å². The molecule has 0 fully saturated rings. The predicted octanol–water partition coefficient (Wildman–Crippen LogP) is 3.99. The first-order chi connectivity index (χ1) is 11.6. The predicted molar refractivity (Wildman–Crippen MR) is 91.1 cm³/mol. The fourth-order valence-corrected chi connectivity index (χ4v) is 2.86. The first-order valence-electron chi connectivity index (χ1n) is 7.84. The van der Waals surface area contributed by atoms with E-state index in [4.69, 9.17) is 0 Å². The van der Waals surface area contributed by atoms with Gasteiger partial charge in [0.15, 0.2) is 0 Å². The minimum Gasteiger partial charge on any atom is -0.333 e. The number of hydrogen-bond donors (Lipinski definition) is 0. The zero-order chi connectivity index (χ0) is 17.1. The number of para-hydroxylation sites is 1. The van der Waals surface area contributed by atoms with Crippen LogP contribution in [0.3, 0.4) is 0 Å². The minimum absolute atomic E-state index is 0.107. The molecule has 0 radical (unpaired) electrons. The molecule has 0 saturated carbocycles. The number of fused-ring (bicyclic) bond motifs is 1. The molecule has 0 N–H and O–H groups in total. The summed E-state index contributed by atoms with van der Waals surface area (Å²) in [5.74, 6) is -0.667. The lowest BCUT2D eigenvalue weighted by atomic mass is 10.0. The Morgan fingerprint density at radius 2 is 2.04 bits per heavy atom. The lowest BCUT2D eigenvalue weighted by molar-refractivity contribution is 0.0720.